The van der Waals surface area contributed by atoms with Crippen LogP contribution in [-0.4, -0.2) is 17.9 Å². The van der Waals surface area contributed by atoms with Gasteiger partial charge in [-0.2, -0.15) is 0 Å². The van der Waals surface area contributed by atoms with E-state index in [2.05, 4.69) is 43.8 Å². The highest BCUT2D eigenvalue weighted by molar-refractivity contribution is 14.1. The number of benzene rings is 2. The monoisotopic (exact) mass is 472 g/mol. The number of primary amides is 1. The number of nitrogens with one attached hydrogen (secondary N) is 1. The lowest BCUT2D eigenvalue weighted by Crippen LogP contribution is -2.45. The summed E-state index contributed by atoms with van der Waals surface area (Å²) in [7, 11) is 0. The molecule has 0 spiro atoms. The number of hydrogen-bond acceptors (Lipinski definition) is 2. The van der Waals surface area contributed by atoms with Crippen LogP contribution >= 0.6 is 38.5 Å². The van der Waals surface area contributed by atoms with Gasteiger partial charge in [0.25, 0.3) is 5.91 Å². The molecule has 0 heterocycles. The van der Waals surface area contributed by atoms with Crippen molar-refractivity contribution in [1.29, 1.82) is 0 Å². The first kappa shape index (κ1) is 17.0. The van der Waals surface area contributed by atoms with Crippen molar-refractivity contribution >= 4 is 50.3 Å². The quantitative estimate of drug-likeness (QED) is 0.657. The molecule has 0 unspecified atom stereocenters. The molecule has 2 aromatic rings. The zero-order chi connectivity index (χ0) is 16.1. The smallest absolute Gasteiger partial charge is 0.251 e. The van der Waals surface area contributed by atoms with Gasteiger partial charge in [0.2, 0.25) is 5.91 Å². The van der Waals surface area contributed by atoms with Crippen molar-refractivity contribution < 1.29 is 9.59 Å². The third-order valence-corrected chi connectivity index (χ3v) is 4.23. The highest BCUT2D eigenvalue weighted by atomic mass is 127. The van der Waals surface area contributed by atoms with E-state index in [4.69, 9.17) is 5.73 Å². The topological polar surface area (TPSA) is 72.2 Å². The molecular formula is C16H14BrIN2O2. The third-order valence-electron chi connectivity index (χ3n) is 3.06. The van der Waals surface area contributed by atoms with Crippen LogP contribution in [0.5, 0.6) is 0 Å². The SMILES string of the molecule is NC(=O)[C@@H](Cc1cccc(I)c1)NC(=O)c1cccc(Br)c1. The molecule has 0 saturated heterocycles. The van der Waals surface area contributed by atoms with Gasteiger partial charge in [0.1, 0.15) is 6.04 Å². The maximum atomic E-state index is 12.2. The number of carbonyl (C=O) groups is 2. The normalized spacial score (nSPS) is 11.7. The van der Waals surface area contributed by atoms with E-state index in [1.165, 1.54) is 0 Å². The molecular weight excluding hydrogens is 459 g/mol. The van der Waals surface area contributed by atoms with E-state index >= 15 is 0 Å². The van der Waals surface area contributed by atoms with E-state index in [-0.39, 0.29) is 5.91 Å². The summed E-state index contributed by atoms with van der Waals surface area (Å²) in [6.07, 6.45) is 0.367. The Morgan fingerprint density at radius 1 is 1.18 bits per heavy atom. The number of hydrogen-bond donors (Lipinski definition) is 2. The molecule has 0 saturated carbocycles. The molecule has 2 aromatic carbocycles. The van der Waals surface area contributed by atoms with Gasteiger partial charge in [0, 0.05) is 20.0 Å². The summed E-state index contributed by atoms with van der Waals surface area (Å²) in [6.45, 7) is 0. The van der Waals surface area contributed by atoms with Crippen molar-refractivity contribution in [2.24, 2.45) is 5.73 Å². The number of amides is 2. The van der Waals surface area contributed by atoms with Crippen molar-refractivity contribution in [3.05, 3.63) is 67.7 Å². The molecule has 114 valence electrons. The van der Waals surface area contributed by atoms with Crippen LogP contribution in [0.4, 0.5) is 0 Å². The molecule has 3 N–H and O–H groups in total. The Morgan fingerprint density at radius 3 is 2.55 bits per heavy atom. The van der Waals surface area contributed by atoms with Crippen LogP contribution in [0.2, 0.25) is 0 Å². The molecule has 0 aromatic heterocycles. The second-order valence-corrected chi connectivity index (χ2v) is 6.93. The van der Waals surface area contributed by atoms with Crippen LogP contribution in [-0.2, 0) is 11.2 Å². The molecule has 1 atom stereocenters. The average Bonchev–Trinajstić information content (AvgIpc) is 2.46. The van der Waals surface area contributed by atoms with Gasteiger partial charge in [-0.1, -0.05) is 34.1 Å². The van der Waals surface area contributed by atoms with Crippen LogP contribution in [0.1, 0.15) is 15.9 Å². The zero-order valence-electron chi connectivity index (χ0n) is 11.6. The fourth-order valence-corrected chi connectivity index (χ4v) is 3.00. The zero-order valence-corrected chi connectivity index (χ0v) is 15.3. The Morgan fingerprint density at radius 2 is 1.91 bits per heavy atom. The number of halogens is 2. The Bertz CT molecular complexity index is 706. The highest BCUT2D eigenvalue weighted by Gasteiger charge is 2.19. The lowest BCUT2D eigenvalue weighted by Gasteiger charge is -2.16. The molecule has 6 heteroatoms. The van der Waals surface area contributed by atoms with Crippen LogP contribution in [0, 0.1) is 3.57 Å². The third kappa shape index (κ3) is 4.81. The lowest BCUT2D eigenvalue weighted by molar-refractivity contribution is -0.119. The molecule has 0 radical (unpaired) electrons. The largest absolute Gasteiger partial charge is 0.368 e. The number of carbonyl (C=O) groups excluding carboxylic acids is 2. The molecule has 0 bridgehead atoms. The first-order valence-corrected chi connectivity index (χ1v) is 8.43. The van der Waals surface area contributed by atoms with E-state index < -0.39 is 11.9 Å². The lowest BCUT2D eigenvalue weighted by atomic mass is 10.0. The minimum Gasteiger partial charge on any atom is -0.368 e. The van der Waals surface area contributed by atoms with Gasteiger partial charge in [-0.3, -0.25) is 9.59 Å². The van der Waals surface area contributed by atoms with Crippen LogP contribution in [0.25, 0.3) is 0 Å². The minimum absolute atomic E-state index is 0.323. The molecule has 4 nitrogen and oxygen atoms in total. The van der Waals surface area contributed by atoms with Gasteiger partial charge in [-0.25, -0.2) is 0 Å². The van der Waals surface area contributed by atoms with Gasteiger partial charge < -0.3 is 11.1 Å². The van der Waals surface area contributed by atoms with Crippen LogP contribution in [0.15, 0.2) is 53.0 Å². The van der Waals surface area contributed by atoms with Gasteiger partial charge in [-0.05, 0) is 58.5 Å². The van der Waals surface area contributed by atoms with Crippen molar-refractivity contribution in [2.75, 3.05) is 0 Å². The Labute approximate surface area is 150 Å². The van der Waals surface area contributed by atoms with Gasteiger partial charge >= 0.3 is 0 Å². The molecule has 0 fully saturated rings. The molecule has 22 heavy (non-hydrogen) atoms. The standard InChI is InChI=1S/C16H14BrIN2O2/c17-12-5-2-4-11(9-12)16(22)20-14(15(19)21)8-10-3-1-6-13(18)7-10/h1-7,9,14H,8H2,(H2,19,21)(H,20,22)/t14-/m1/s1. The first-order chi connectivity index (χ1) is 10.5. The highest BCUT2D eigenvalue weighted by Crippen LogP contribution is 2.13. The van der Waals surface area contributed by atoms with Crippen LogP contribution < -0.4 is 11.1 Å². The minimum atomic E-state index is -0.746. The Hall–Kier alpha value is -1.41. The fraction of sp³-hybridized carbons (Fsp3) is 0.125. The average molecular weight is 473 g/mol. The molecule has 0 aliphatic carbocycles. The summed E-state index contributed by atoms with van der Waals surface area (Å²) in [5.41, 5.74) is 6.84. The molecule has 2 rings (SSSR count). The van der Waals surface area contributed by atoms with Crippen molar-refractivity contribution in [3.8, 4) is 0 Å². The first-order valence-electron chi connectivity index (χ1n) is 6.56. The van der Waals surface area contributed by atoms with Gasteiger partial charge in [0.05, 0.1) is 0 Å². The second-order valence-electron chi connectivity index (χ2n) is 4.77. The maximum Gasteiger partial charge on any atom is 0.251 e. The van der Waals surface area contributed by atoms with Gasteiger partial charge in [0.15, 0.2) is 0 Å². The summed E-state index contributed by atoms with van der Waals surface area (Å²) in [4.78, 5) is 23.8. The summed E-state index contributed by atoms with van der Waals surface area (Å²) >= 11 is 5.51. The molecule has 2 amide bonds. The predicted molar refractivity (Wildman–Crippen MR) is 97.5 cm³/mol. The number of nitrogens with two attached hydrogens (primary N) is 1. The van der Waals surface area contributed by atoms with E-state index in [0.29, 0.717) is 12.0 Å². The summed E-state index contributed by atoms with van der Waals surface area (Å²) < 4.78 is 1.87. The van der Waals surface area contributed by atoms with E-state index in [1.807, 2.05) is 30.3 Å². The van der Waals surface area contributed by atoms with Crippen LogP contribution in [0.3, 0.4) is 0 Å². The maximum absolute atomic E-state index is 12.2. The number of rotatable bonds is 5. The van der Waals surface area contributed by atoms with Gasteiger partial charge in [-0.15, -0.1) is 0 Å². The van der Waals surface area contributed by atoms with E-state index in [1.54, 1.807) is 18.2 Å². The van der Waals surface area contributed by atoms with E-state index in [0.717, 1.165) is 13.6 Å². The van der Waals surface area contributed by atoms with Crippen molar-refractivity contribution in [3.63, 3.8) is 0 Å². The summed E-state index contributed by atoms with van der Waals surface area (Å²) in [5, 5.41) is 2.69. The Balaban J connectivity index is 2.12. The summed E-state index contributed by atoms with van der Waals surface area (Å²) in [6, 6.07) is 14.0. The summed E-state index contributed by atoms with van der Waals surface area (Å²) in [5.74, 6) is -0.877. The molecule has 0 aliphatic heterocycles. The fourth-order valence-electron chi connectivity index (χ4n) is 1.99. The Kier molecular flexibility index (Phi) is 5.96. The van der Waals surface area contributed by atoms with Crippen molar-refractivity contribution in [1.82, 2.24) is 5.32 Å². The van der Waals surface area contributed by atoms with Crippen molar-refractivity contribution in [2.45, 2.75) is 12.5 Å². The predicted octanol–water partition coefficient (Wildman–Crippen LogP) is 2.88. The van der Waals surface area contributed by atoms with E-state index in [9.17, 15) is 9.59 Å². The molecule has 0 aliphatic rings. The second kappa shape index (κ2) is 7.73.